The fraction of sp³-hybridized carbons (Fsp3) is 0.235. The molecule has 1 aliphatic rings. The van der Waals surface area contributed by atoms with Crippen LogP contribution < -0.4 is 0 Å². The minimum atomic E-state index is -0.921. The Morgan fingerprint density at radius 3 is 2.52 bits per heavy atom. The van der Waals surface area contributed by atoms with E-state index >= 15 is 0 Å². The van der Waals surface area contributed by atoms with Crippen molar-refractivity contribution in [1.29, 1.82) is 0 Å². The van der Waals surface area contributed by atoms with Crippen molar-refractivity contribution in [2.75, 3.05) is 20.8 Å². The lowest BCUT2D eigenvalue weighted by molar-refractivity contribution is -0.147. The van der Waals surface area contributed by atoms with Crippen LogP contribution >= 0.6 is 15.9 Å². The molecule has 1 atom stereocenters. The highest BCUT2D eigenvalue weighted by Gasteiger charge is 2.51. The average molecular weight is 347 g/mol. The minimum absolute atomic E-state index is 0.242. The molecule has 1 unspecified atom stereocenters. The maximum atomic E-state index is 12.7. The monoisotopic (exact) mass is 346 g/mol. The first-order valence-corrected chi connectivity index (χ1v) is 7.42. The molecule has 0 saturated carbocycles. The van der Waals surface area contributed by atoms with Gasteiger partial charge >= 0.3 is 5.97 Å². The normalized spacial score (nSPS) is 19.0. The third-order valence-corrected chi connectivity index (χ3v) is 4.67. The number of hydrogen-bond acceptors (Lipinski definition) is 3. The van der Waals surface area contributed by atoms with E-state index in [2.05, 4.69) is 15.9 Å². The van der Waals surface area contributed by atoms with Gasteiger partial charge in [-0.3, -0.25) is 4.79 Å². The standard InChI is InChI=1S/C17H15BrO3/c1-20-10-17(16(19)21-2)13-8-4-3-6-11(13)12-7-5-9-14(18)15(12)17/h3-9H,10H2,1-2H3. The molecule has 108 valence electrons. The van der Waals surface area contributed by atoms with Gasteiger partial charge in [0.05, 0.1) is 13.7 Å². The summed E-state index contributed by atoms with van der Waals surface area (Å²) in [5, 5.41) is 0. The molecular formula is C17H15BrO3. The van der Waals surface area contributed by atoms with Crippen LogP contribution in [0.4, 0.5) is 0 Å². The maximum Gasteiger partial charge on any atom is 0.323 e. The summed E-state index contributed by atoms with van der Waals surface area (Å²) in [6, 6.07) is 13.9. The zero-order valence-corrected chi connectivity index (χ0v) is 13.4. The predicted octanol–water partition coefficient (Wildman–Crippen LogP) is 3.54. The van der Waals surface area contributed by atoms with Gasteiger partial charge in [0.2, 0.25) is 0 Å². The number of hydrogen-bond donors (Lipinski definition) is 0. The number of carbonyl (C=O) groups is 1. The number of ether oxygens (including phenoxy) is 2. The van der Waals surface area contributed by atoms with Gasteiger partial charge in [-0.15, -0.1) is 0 Å². The van der Waals surface area contributed by atoms with Gasteiger partial charge in [-0.05, 0) is 28.3 Å². The second-order valence-corrected chi connectivity index (χ2v) is 5.89. The Labute approximate surface area is 132 Å². The molecule has 4 heteroatoms. The van der Waals surface area contributed by atoms with Gasteiger partial charge in [-0.2, -0.15) is 0 Å². The van der Waals surface area contributed by atoms with E-state index in [1.807, 2.05) is 42.5 Å². The van der Waals surface area contributed by atoms with Crippen molar-refractivity contribution in [2.24, 2.45) is 0 Å². The highest BCUT2D eigenvalue weighted by Crippen LogP contribution is 2.52. The Balaban J connectivity index is 2.41. The van der Waals surface area contributed by atoms with E-state index in [9.17, 15) is 4.79 Å². The summed E-state index contributed by atoms with van der Waals surface area (Å²) in [4.78, 5) is 12.7. The molecule has 0 aromatic heterocycles. The molecule has 0 radical (unpaired) electrons. The van der Waals surface area contributed by atoms with E-state index < -0.39 is 5.41 Å². The van der Waals surface area contributed by atoms with Crippen molar-refractivity contribution in [3.05, 3.63) is 58.1 Å². The van der Waals surface area contributed by atoms with Gasteiger partial charge < -0.3 is 9.47 Å². The Hall–Kier alpha value is -1.65. The van der Waals surface area contributed by atoms with Crippen LogP contribution in [-0.2, 0) is 19.7 Å². The molecule has 2 aromatic carbocycles. The highest BCUT2D eigenvalue weighted by atomic mass is 79.9. The molecule has 0 bridgehead atoms. The topological polar surface area (TPSA) is 35.5 Å². The number of esters is 1. The Bertz CT molecular complexity index is 711. The molecule has 2 aromatic rings. The lowest BCUT2D eigenvalue weighted by Crippen LogP contribution is -2.41. The van der Waals surface area contributed by atoms with Crippen molar-refractivity contribution in [3.8, 4) is 11.1 Å². The smallest absolute Gasteiger partial charge is 0.323 e. The van der Waals surface area contributed by atoms with Crippen molar-refractivity contribution < 1.29 is 14.3 Å². The van der Waals surface area contributed by atoms with Crippen LogP contribution in [0.15, 0.2) is 46.9 Å². The van der Waals surface area contributed by atoms with Gasteiger partial charge in [0.1, 0.15) is 5.41 Å². The fourth-order valence-electron chi connectivity index (χ4n) is 3.22. The van der Waals surface area contributed by atoms with Crippen LogP contribution in [0.1, 0.15) is 11.1 Å². The molecule has 0 fully saturated rings. The summed E-state index contributed by atoms with van der Waals surface area (Å²) in [5.74, 6) is -0.303. The fourth-order valence-corrected chi connectivity index (χ4v) is 3.92. The number of halogens is 1. The second kappa shape index (κ2) is 5.28. The molecule has 0 aliphatic heterocycles. The molecule has 3 nitrogen and oxygen atoms in total. The molecule has 3 rings (SSSR count). The van der Waals surface area contributed by atoms with Crippen LogP contribution in [0.5, 0.6) is 0 Å². The average Bonchev–Trinajstić information content (AvgIpc) is 2.80. The summed E-state index contributed by atoms with van der Waals surface area (Å²) < 4.78 is 11.4. The summed E-state index contributed by atoms with van der Waals surface area (Å²) in [6.45, 7) is 0.242. The van der Waals surface area contributed by atoms with Crippen molar-refractivity contribution in [1.82, 2.24) is 0 Å². The quantitative estimate of drug-likeness (QED) is 0.797. The first-order chi connectivity index (χ1) is 10.2. The summed E-state index contributed by atoms with van der Waals surface area (Å²) in [7, 11) is 3.01. The van der Waals surface area contributed by atoms with Crippen LogP contribution in [-0.4, -0.2) is 26.8 Å². The number of fused-ring (bicyclic) bond motifs is 3. The molecular weight excluding hydrogens is 332 g/mol. The van der Waals surface area contributed by atoms with E-state index in [1.54, 1.807) is 7.11 Å². The third kappa shape index (κ3) is 1.86. The van der Waals surface area contributed by atoms with Gasteiger partial charge in [-0.1, -0.05) is 52.3 Å². The molecule has 1 aliphatic carbocycles. The lowest BCUT2D eigenvalue weighted by Gasteiger charge is -2.28. The first kappa shape index (κ1) is 14.3. The van der Waals surface area contributed by atoms with Gasteiger partial charge in [0, 0.05) is 11.6 Å². The van der Waals surface area contributed by atoms with E-state index in [0.29, 0.717) is 0 Å². The lowest BCUT2D eigenvalue weighted by atomic mass is 9.79. The summed E-state index contributed by atoms with van der Waals surface area (Å²) in [6.07, 6.45) is 0. The third-order valence-electron chi connectivity index (χ3n) is 4.01. The molecule has 0 saturated heterocycles. The van der Waals surface area contributed by atoms with E-state index in [-0.39, 0.29) is 12.6 Å². The van der Waals surface area contributed by atoms with Gasteiger partial charge in [0.15, 0.2) is 0 Å². The molecule has 21 heavy (non-hydrogen) atoms. The molecule has 0 amide bonds. The van der Waals surface area contributed by atoms with E-state index in [1.165, 1.54) is 7.11 Å². The van der Waals surface area contributed by atoms with Gasteiger partial charge in [0.25, 0.3) is 0 Å². The van der Waals surface area contributed by atoms with Crippen LogP contribution in [0, 0.1) is 0 Å². The SMILES string of the molecule is COCC1(C(=O)OC)c2ccccc2-c2cccc(Br)c21. The van der Waals surface area contributed by atoms with Crippen LogP contribution in [0.3, 0.4) is 0 Å². The number of rotatable bonds is 3. The first-order valence-electron chi connectivity index (χ1n) is 6.63. The largest absolute Gasteiger partial charge is 0.468 e. The second-order valence-electron chi connectivity index (χ2n) is 5.04. The Kier molecular flexibility index (Phi) is 3.59. The highest BCUT2D eigenvalue weighted by molar-refractivity contribution is 9.10. The van der Waals surface area contributed by atoms with Crippen LogP contribution in [0.25, 0.3) is 11.1 Å². The van der Waals surface area contributed by atoms with Crippen molar-refractivity contribution in [3.63, 3.8) is 0 Å². The zero-order valence-electron chi connectivity index (χ0n) is 11.9. The minimum Gasteiger partial charge on any atom is -0.468 e. The number of benzene rings is 2. The van der Waals surface area contributed by atoms with Gasteiger partial charge in [-0.25, -0.2) is 0 Å². The number of carbonyl (C=O) groups excluding carboxylic acids is 1. The molecule has 0 N–H and O–H groups in total. The van der Waals surface area contributed by atoms with Crippen LogP contribution in [0.2, 0.25) is 0 Å². The predicted molar refractivity (Wildman–Crippen MR) is 84.3 cm³/mol. The Morgan fingerprint density at radius 2 is 1.81 bits per heavy atom. The number of methoxy groups -OCH3 is 2. The molecule has 0 heterocycles. The maximum absolute atomic E-state index is 12.7. The zero-order chi connectivity index (χ0) is 15.0. The Morgan fingerprint density at radius 1 is 1.10 bits per heavy atom. The van der Waals surface area contributed by atoms with Crippen molar-refractivity contribution in [2.45, 2.75) is 5.41 Å². The summed E-state index contributed by atoms with van der Waals surface area (Å²) >= 11 is 3.59. The van der Waals surface area contributed by atoms with E-state index in [0.717, 1.165) is 26.7 Å². The summed E-state index contributed by atoms with van der Waals surface area (Å²) in [5.41, 5.74) is 3.02. The van der Waals surface area contributed by atoms with E-state index in [4.69, 9.17) is 9.47 Å². The molecule has 0 spiro atoms. The van der Waals surface area contributed by atoms with Crippen molar-refractivity contribution >= 4 is 21.9 Å².